The molecule has 2 heterocycles. The Bertz CT molecular complexity index is 2690. The van der Waals surface area contributed by atoms with E-state index in [-0.39, 0.29) is 6.17 Å². The Balaban J connectivity index is 1.11. The molecule has 0 spiro atoms. The summed E-state index contributed by atoms with van der Waals surface area (Å²) in [5.41, 5.74) is 10.00. The van der Waals surface area contributed by atoms with Crippen molar-refractivity contribution < 1.29 is 4.42 Å². The van der Waals surface area contributed by atoms with Crippen LogP contribution in [0.1, 0.15) is 40.4 Å². The van der Waals surface area contributed by atoms with E-state index in [0.29, 0.717) is 5.84 Å². The summed E-state index contributed by atoms with van der Waals surface area (Å²) in [6.45, 7) is 0. The number of nitrogens with one attached hydrogen (secondary N) is 1. The van der Waals surface area contributed by atoms with E-state index < -0.39 is 0 Å². The molecule has 4 heteroatoms. The number of aliphatic imine (C=N–C) groups is 2. The van der Waals surface area contributed by atoms with Crippen LogP contribution in [0.15, 0.2) is 160 Å². The van der Waals surface area contributed by atoms with Crippen LogP contribution >= 0.6 is 0 Å². The van der Waals surface area contributed by atoms with Crippen molar-refractivity contribution in [1.82, 2.24) is 5.32 Å². The molecule has 1 aliphatic heterocycles. The summed E-state index contributed by atoms with van der Waals surface area (Å²) in [6.07, 6.45) is 6.41. The van der Waals surface area contributed by atoms with Gasteiger partial charge in [0.25, 0.3) is 0 Å². The number of aryl methyl sites for hydroxylation is 1. The Morgan fingerprint density at radius 1 is 0.612 bits per heavy atom. The second-order valence-electron chi connectivity index (χ2n) is 12.9. The largest absolute Gasteiger partial charge is 0.456 e. The van der Waals surface area contributed by atoms with Gasteiger partial charge in [-0.25, -0.2) is 9.98 Å². The van der Waals surface area contributed by atoms with E-state index in [1.165, 1.54) is 33.0 Å². The molecule has 232 valence electrons. The number of allylic oxidation sites excluding steroid dienone is 1. The summed E-state index contributed by atoms with van der Waals surface area (Å²) in [5.74, 6) is 1.48. The minimum Gasteiger partial charge on any atom is -0.456 e. The monoisotopic (exact) mass is 629 g/mol. The second-order valence-corrected chi connectivity index (χ2v) is 12.9. The van der Waals surface area contributed by atoms with Gasteiger partial charge in [0.1, 0.15) is 23.2 Å². The topological polar surface area (TPSA) is 49.9 Å². The fourth-order valence-electron chi connectivity index (χ4n) is 7.68. The van der Waals surface area contributed by atoms with Gasteiger partial charge in [-0.2, -0.15) is 0 Å². The molecular formula is C45H31N3O. The van der Waals surface area contributed by atoms with Crippen LogP contribution in [-0.4, -0.2) is 11.7 Å². The third-order valence-corrected chi connectivity index (χ3v) is 10.0. The summed E-state index contributed by atoms with van der Waals surface area (Å²) < 4.78 is 6.27. The van der Waals surface area contributed by atoms with E-state index in [9.17, 15) is 0 Å². The van der Waals surface area contributed by atoms with Crippen LogP contribution in [0.5, 0.6) is 0 Å². The van der Waals surface area contributed by atoms with Crippen molar-refractivity contribution >= 4 is 61.2 Å². The molecule has 8 aromatic rings. The molecule has 4 nitrogen and oxygen atoms in total. The normalized spacial score (nSPS) is 15.7. The maximum atomic E-state index is 6.27. The number of rotatable bonds is 4. The smallest absolute Gasteiger partial charge is 0.160 e. The summed E-state index contributed by atoms with van der Waals surface area (Å²) in [4.78, 5) is 10.5. The number of hydrogen-bond acceptors (Lipinski definition) is 4. The predicted molar refractivity (Wildman–Crippen MR) is 203 cm³/mol. The van der Waals surface area contributed by atoms with Crippen molar-refractivity contribution in [2.75, 3.05) is 0 Å². The average Bonchev–Trinajstić information content (AvgIpc) is 3.56. The first-order chi connectivity index (χ1) is 24.3. The maximum absolute atomic E-state index is 6.27. The molecule has 0 saturated carbocycles. The van der Waals surface area contributed by atoms with Gasteiger partial charge in [-0.05, 0) is 80.4 Å². The van der Waals surface area contributed by atoms with Crippen LogP contribution in [0.25, 0.3) is 60.7 Å². The molecule has 0 fully saturated rings. The van der Waals surface area contributed by atoms with Crippen LogP contribution in [0.3, 0.4) is 0 Å². The van der Waals surface area contributed by atoms with Gasteiger partial charge in [-0.1, -0.05) is 133 Å². The third-order valence-electron chi connectivity index (χ3n) is 10.0. The lowest BCUT2D eigenvalue weighted by Gasteiger charge is -2.24. The highest BCUT2D eigenvalue weighted by molar-refractivity contribution is 6.23. The summed E-state index contributed by atoms with van der Waals surface area (Å²) >= 11 is 0. The number of hydrogen-bond donors (Lipinski definition) is 1. The molecule has 7 aromatic carbocycles. The zero-order chi connectivity index (χ0) is 32.3. The molecule has 2 aliphatic rings. The van der Waals surface area contributed by atoms with Gasteiger partial charge < -0.3 is 9.73 Å². The minimum absolute atomic E-state index is 0.341. The van der Waals surface area contributed by atoms with Crippen molar-refractivity contribution in [2.45, 2.75) is 19.0 Å². The fourth-order valence-corrected chi connectivity index (χ4v) is 7.68. The van der Waals surface area contributed by atoms with Gasteiger partial charge in [0.15, 0.2) is 5.84 Å². The first kappa shape index (κ1) is 27.8. The number of para-hydroxylation sites is 1. The molecule has 1 unspecified atom stereocenters. The molecule has 0 bridgehead atoms. The lowest BCUT2D eigenvalue weighted by molar-refractivity contribution is 0.668. The maximum Gasteiger partial charge on any atom is 0.160 e. The number of amidine groups is 2. The van der Waals surface area contributed by atoms with E-state index >= 15 is 0 Å². The lowest BCUT2D eigenvalue weighted by atomic mass is 9.87. The van der Waals surface area contributed by atoms with Crippen LogP contribution < -0.4 is 5.32 Å². The van der Waals surface area contributed by atoms with E-state index in [0.717, 1.165) is 68.1 Å². The molecule has 0 saturated heterocycles. The van der Waals surface area contributed by atoms with Crippen LogP contribution in [0.4, 0.5) is 0 Å². The van der Waals surface area contributed by atoms with Crippen LogP contribution in [0.2, 0.25) is 0 Å². The number of nitrogens with zero attached hydrogens (tertiary/aromatic N) is 2. The third kappa shape index (κ3) is 4.60. The fraction of sp³-hybridized carbons (Fsp3) is 0.0667. The predicted octanol–water partition coefficient (Wildman–Crippen LogP) is 11.0. The minimum atomic E-state index is -0.341. The Labute approximate surface area is 283 Å². The number of fused-ring (bicyclic) bond motifs is 7. The molecule has 1 aliphatic carbocycles. The Morgan fingerprint density at radius 2 is 1.33 bits per heavy atom. The molecule has 0 radical (unpaired) electrons. The summed E-state index contributed by atoms with van der Waals surface area (Å²) in [6, 6.07) is 49.2. The van der Waals surface area contributed by atoms with Gasteiger partial charge in [0.05, 0.1) is 0 Å². The Kier molecular flexibility index (Phi) is 6.34. The molecule has 49 heavy (non-hydrogen) atoms. The van der Waals surface area contributed by atoms with Crippen molar-refractivity contribution in [3.63, 3.8) is 0 Å². The van der Waals surface area contributed by atoms with E-state index in [1.54, 1.807) is 0 Å². The van der Waals surface area contributed by atoms with Crippen molar-refractivity contribution in [2.24, 2.45) is 9.98 Å². The summed E-state index contributed by atoms with van der Waals surface area (Å²) in [5, 5.41) is 10.8. The Morgan fingerprint density at radius 3 is 2.22 bits per heavy atom. The number of furan rings is 1. The zero-order valence-electron chi connectivity index (χ0n) is 26.7. The van der Waals surface area contributed by atoms with Gasteiger partial charge in [-0.15, -0.1) is 0 Å². The highest BCUT2D eigenvalue weighted by Gasteiger charge is 2.25. The quantitative estimate of drug-likeness (QED) is 0.211. The molecule has 10 rings (SSSR count). The SMILES string of the molecule is C1=Cc2cc(-c3ccc(C4N=C(c5cccc6ccccc56)N=C(c5cccc6oc7ccccc7c56)N4)cc3)c3ccccc3c2CC1. The Hall–Kier alpha value is -6.26. The van der Waals surface area contributed by atoms with Gasteiger partial charge in [0.2, 0.25) is 0 Å². The average molecular weight is 630 g/mol. The molecular weight excluding hydrogens is 599 g/mol. The van der Waals surface area contributed by atoms with Crippen molar-refractivity contribution in [3.05, 3.63) is 173 Å². The molecule has 0 amide bonds. The lowest BCUT2D eigenvalue weighted by Crippen LogP contribution is -2.33. The van der Waals surface area contributed by atoms with Gasteiger partial charge in [0, 0.05) is 21.9 Å². The first-order valence-electron chi connectivity index (χ1n) is 16.9. The van der Waals surface area contributed by atoms with E-state index in [4.69, 9.17) is 14.4 Å². The van der Waals surface area contributed by atoms with E-state index in [2.05, 4.69) is 133 Å². The highest BCUT2D eigenvalue weighted by Crippen LogP contribution is 2.37. The van der Waals surface area contributed by atoms with E-state index in [1.807, 2.05) is 24.3 Å². The van der Waals surface area contributed by atoms with Crippen LogP contribution in [0, 0.1) is 0 Å². The van der Waals surface area contributed by atoms with Crippen LogP contribution in [-0.2, 0) is 6.42 Å². The van der Waals surface area contributed by atoms with Gasteiger partial charge >= 0.3 is 0 Å². The first-order valence-corrected chi connectivity index (χ1v) is 16.9. The summed E-state index contributed by atoms with van der Waals surface area (Å²) in [7, 11) is 0. The van der Waals surface area contributed by atoms with Crippen molar-refractivity contribution in [1.29, 1.82) is 0 Å². The molecule has 1 aromatic heterocycles. The molecule has 1 atom stereocenters. The standard InChI is InChI=1S/C45H31N3O/c1-3-14-32-28(11-1)13-9-19-36(32)44-46-43(47-45(48-44)38-20-10-22-41-42(38)37-18-7-8-21-40(37)49-41)30-25-23-29(24-26-30)39-27-31-12-2-4-15-33(31)34-16-5-6-17-35(34)39/h1-3,5-14,16-27,43H,4,15H2,(H,46,47,48). The number of benzene rings is 7. The van der Waals surface area contributed by atoms with Crippen molar-refractivity contribution in [3.8, 4) is 11.1 Å². The zero-order valence-corrected chi connectivity index (χ0v) is 26.7. The van der Waals surface area contributed by atoms with Gasteiger partial charge in [-0.3, -0.25) is 0 Å². The molecule has 1 N–H and O–H groups in total. The highest BCUT2D eigenvalue weighted by atomic mass is 16.3. The second kappa shape index (κ2) is 11.2.